The largest absolute Gasteiger partial charge is 0.737 e. The summed E-state index contributed by atoms with van der Waals surface area (Å²) in [6, 6.07) is 5.52. The highest BCUT2D eigenvalue weighted by molar-refractivity contribution is 6.57. The molecular weight excluding hydrogens is 307 g/mol. The highest BCUT2D eigenvalue weighted by Gasteiger charge is 2.51. The molecule has 0 atom stereocenters. The van der Waals surface area contributed by atoms with Gasteiger partial charge in [-0.2, -0.15) is 0 Å². The van der Waals surface area contributed by atoms with Crippen molar-refractivity contribution in [1.82, 2.24) is 4.48 Å². The Morgan fingerprint density at radius 1 is 1.13 bits per heavy atom. The van der Waals surface area contributed by atoms with Gasteiger partial charge >= 0.3 is 6.97 Å². The monoisotopic (exact) mass is 318 g/mol. The SMILES string of the molecule is Cc1c(C2=C3C=CC=[N+]3[B-](F)(F)n3cccc32)ccc(F)c1F. The molecule has 0 fully saturated rings. The third kappa shape index (κ3) is 1.73. The molecule has 7 heteroatoms. The van der Waals surface area contributed by atoms with Gasteiger partial charge in [0.1, 0.15) is 6.21 Å². The third-order valence-corrected chi connectivity index (χ3v) is 4.35. The van der Waals surface area contributed by atoms with E-state index in [-0.39, 0.29) is 17.0 Å². The quantitative estimate of drug-likeness (QED) is 0.559. The van der Waals surface area contributed by atoms with Gasteiger partial charge in [-0.25, -0.2) is 8.78 Å². The zero-order valence-corrected chi connectivity index (χ0v) is 12.1. The predicted octanol–water partition coefficient (Wildman–Crippen LogP) is 3.72. The van der Waals surface area contributed by atoms with Crippen LogP contribution in [0, 0.1) is 18.6 Å². The first-order chi connectivity index (χ1) is 10.9. The average molecular weight is 318 g/mol. The summed E-state index contributed by atoms with van der Waals surface area (Å²) in [5.74, 6) is -1.92. The van der Waals surface area contributed by atoms with Gasteiger partial charge in [0.15, 0.2) is 17.3 Å². The van der Waals surface area contributed by atoms with E-state index in [1.807, 2.05) is 0 Å². The molecule has 0 amide bonds. The van der Waals surface area contributed by atoms with Gasteiger partial charge in [-0.3, -0.25) is 0 Å². The van der Waals surface area contributed by atoms with Crippen LogP contribution in [0.1, 0.15) is 16.8 Å². The highest BCUT2D eigenvalue weighted by atomic mass is 19.2. The lowest BCUT2D eigenvalue weighted by atomic mass is 9.85. The topological polar surface area (TPSA) is 7.94 Å². The number of halogens is 4. The molecule has 0 bridgehead atoms. The third-order valence-electron chi connectivity index (χ3n) is 4.35. The number of hydrogen-bond acceptors (Lipinski definition) is 0. The molecule has 23 heavy (non-hydrogen) atoms. The molecule has 3 heterocycles. The molecule has 0 unspecified atom stereocenters. The van der Waals surface area contributed by atoms with Crippen molar-refractivity contribution in [3.05, 3.63) is 76.8 Å². The van der Waals surface area contributed by atoms with Crippen LogP contribution in [0.25, 0.3) is 5.57 Å². The van der Waals surface area contributed by atoms with Crippen molar-refractivity contribution in [1.29, 1.82) is 0 Å². The van der Waals surface area contributed by atoms with E-state index in [0.29, 0.717) is 11.1 Å². The Bertz CT molecular complexity index is 938. The Morgan fingerprint density at radius 3 is 2.70 bits per heavy atom. The van der Waals surface area contributed by atoms with Crippen molar-refractivity contribution in [2.24, 2.45) is 0 Å². The molecule has 2 aliphatic rings. The zero-order valence-electron chi connectivity index (χ0n) is 12.1. The van der Waals surface area contributed by atoms with Gasteiger partial charge in [-0.05, 0) is 42.4 Å². The summed E-state index contributed by atoms with van der Waals surface area (Å²) < 4.78 is 58.4. The van der Waals surface area contributed by atoms with Crippen LogP contribution in [0.15, 0.2) is 48.3 Å². The van der Waals surface area contributed by atoms with E-state index in [1.165, 1.54) is 37.5 Å². The number of benzene rings is 1. The lowest BCUT2D eigenvalue weighted by molar-refractivity contribution is -0.356. The summed E-state index contributed by atoms with van der Waals surface area (Å²) in [7, 11) is 0. The van der Waals surface area contributed by atoms with Crippen molar-refractivity contribution in [3.8, 4) is 0 Å². The number of nitrogens with zero attached hydrogens (tertiary/aromatic N) is 2. The van der Waals surface area contributed by atoms with E-state index in [9.17, 15) is 17.4 Å². The van der Waals surface area contributed by atoms with Gasteiger partial charge < -0.3 is 17.6 Å². The number of fused-ring (bicyclic) bond motifs is 2. The second-order valence-electron chi connectivity index (χ2n) is 5.60. The van der Waals surface area contributed by atoms with Crippen LogP contribution in [-0.4, -0.2) is 22.1 Å². The average Bonchev–Trinajstić information content (AvgIpc) is 3.17. The van der Waals surface area contributed by atoms with Gasteiger partial charge in [-0.15, -0.1) is 0 Å². The molecule has 0 radical (unpaired) electrons. The van der Waals surface area contributed by atoms with Gasteiger partial charge in [0.25, 0.3) is 0 Å². The summed E-state index contributed by atoms with van der Waals surface area (Å²) in [5.41, 5.74) is 1.53. The second-order valence-corrected chi connectivity index (χ2v) is 5.60. The second kappa shape index (κ2) is 4.47. The first-order valence-corrected chi connectivity index (χ1v) is 7.12. The number of aromatic nitrogens is 1. The molecular formula is C16H11BF4N2. The van der Waals surface area contributed by atoms with Crippen molar-refractivity contribution >= 4 is 18.8 Å². The minimum absolute atomic E-state index is 0.0956. The Kier molecular flexibility index (Phi) is 2.73. The van der Waals surface area contributed by atoms with E-state index in [2.05, 4.69) is 0 Å². The fourth-order valence-corrected chi connectivity index (χ4v) is 3.22. The Balaban J connectivity index is 2.08. The van der Waals surface area contributed by atoms with Crippen molar-refractivity contribution in [2.45, 2.75) is 6.92 Å². The van der Waals surface area contributed by atoms with Crippen molar-refractivity contribution in [3.63, 3.8) is 0 Å². The standard InChI is InChI=1S/C16H11BF4N2/c1-10-11(6-7-12(18)16(10)19)15-13-4-2-8-22(13)17(20,21)23-9-3-5-14(15)23/h2-9H,1H3. The maximum absolute atomic E-state index is 14.6. The Morgan fingerprint density at radius 2 is 1.91 bits per heavy atom. The van der Waals surface area contributed by atoms with Crippen LogP contribution >= 0.6 is 0 Å². The highest BCUT2D eigenvalue weighted by Crippen LogP contribution is 2.39. The summed E-state index contributed by atoms with van der Waals surface area (Å²) >= 11 is 0. The molecule has 0 saturated carbocycles. The lowest BCUT2D eigenvalue weighted by Gasteiger charge is -2.31. The summed E-state index contributed by atoms with van der Waals surface area (Å²) in [5, 5.41) is 0. The number of hydrogen-bond donors (Lipinski definition) is 0. The maximum atomic E-state index is 14.6. The van der Waals surface area contributed by atoms with E-state index in [0.717, 1.165) is 15.0 Å². The Hall–Kier alpha value is -2.57. The molecule has 0 N–H and O–H groups in total. The van der Waals surface area contributed by atoms with Crippen molar-refractivity contribution < 1.29 is 21.9 Å². The van der Waals surface area contributed by atoms with E-state index in [4.69, 9.17) is 0 Å². The first-order valence-electron chi connectivity index (χ1n) is 7.12. The fourth-order valence-electron chi connectivity index (χ4n) is 3.22. The van der Waals surface area contributed by atoms with Gasteiger partial charge in [0.2, 0.25) is 0 Å². The Labute approximate surface area is 129 Å². The number of rotatable bonds is 1. The minimum atomic E-state index is -4.00. The predicted molar refractivity (Wildman–Crippen MR) is 80.4 cm³/mol. The zero-order chi connectivity index (χ0) is 16.4. The molecule has 116 valence electrons. The van der Waals surface area contributed by atoms with Gasteiger partial charge in [0, 0.05) is 17.8 Å². The molecule has 2 nitrogen and oxygen atoms in total. The molecule has 1 aromatic heterocycles. The summed E-state index contributed by atoms with van der Waals surface area (Å²) in [4.78, 5) is 0. The van der Waals surface area contributed by atoms with Crippen molar-refractivity contribution in [2.75, 3.05) is 0 Å². The first kappa shape index (κ1) is 14.1. The van der Waals surface area contributed by atoms with E-state index in [1.54, 1.807) is 12.1 Å². The minimum Gasteiger partial charge on any atom is -0.396 e. The molecule has 0 spiro atoms. The maximum Gasteiger partial charge on any atom is 0.737 e. The number of allylic oxidation sites excluding steroid dienone is 2. The lowest BCUT2D eigenvalue weighted by Crippen LogP contribution is -2.49. The molecule has 2 aromatic rings. The molecule has 1 aromatic carbocycles. The molecule has 2 aliphatic heterocycles. The van der Waals surface area contributed by atoms with Crippen LogP contribution in [0.4, 0.5) is 17.4 Å². The van der Waals surface area contributed by atoms with Crippen LogP contribution in [-0.2, 0) is 0 Å². The van der Waals surface area contributed by atoms with E-state index < -0.39 is 18.6 Å². The normalized spacial score (nSPS) is 18.0. The van der Waals surface area contributed by atoms with E-state index >= 15 is 0 Å². The van der Waals surface area contributed by atoms with Crippen LogP contribution in [0.5, 0.6) is 0 Å². The van der Waals surface area contributed by atoms with Crippen LogP contribution < -0.4 is 0 Å². The molecule has 0 aliphatic carbocycles. The van der Waals surface area contributed by atoms with Gasteiger partial charge in [0.05, 0.1) is 5.57 Å². The van der Waals surface area contributed by atoms with Crippen LogP contribution in [0.2, 0.25) is 0 Å². The van der Waals surface area contributed by atoms with Gasteiger partial charge in [-0.1, -0.05) is 6.07 Å². The summed E-state index contributed by atoms with van der Waals surface area (Å²) in [6.07, 6.45) is 5.68. The summed E-state index contributed by atoms with van der Waals surface area (Å²) in [6.45, 7) is -2.55. The van der Waals surface area contributed by atoms with Crippen LogP contribution in [0.3, 0.4) is 0 Å². The molecule has 0 saturated heterocycles. The molecule has 4 rings (SSSR count). The smallest absolute Gasteiger partial charge is 0.396 e. The fraction of sp³-hybridized carbons (Fsp3) is 0.0625.